The average Bonchev–Trinajstić information content (AvgIpc) is 2.81. The monoisotopic (exact) mass is 233 g/mol. The number of benzene rings is 1. The van der Waals surface area contributed by atoms with Crippen molar-refractivity contribution in [3.8, 4) is 0 Å². The predicted octanol–water partition coefficient (Wildman–Crippen LogP) is 1.69. The van der Waals surface area contributed by atoms with Crippen LogP contribution in [-0.4, -0.2) is 21.0 Å². The molecule has 0 unspecified atom stereocenters. The van der Waals surface area contributed by atoms with Crippen LogP contribution in [0.15, 0.2) is 30.6 Å². The Morgan fingerprint density at radius 1 is 1.29 bits per heavy atom. The molecule has 4 nitrogen and oxygen atoms in total. The van der Waals surface area contributed by atoms with Gasteiger partial charge in [0.15, 0.2) is 0 Å². The second-order valence-corrected chi connectivity index (χ2v) is 3.77. The maximum atomic E-state index is 12.7. The van der Waals surface area contributed by atoms with Gasteiger partial charge in [0.25, 0.3) is 0 Å². The minimum absolute atomic E-state index is 0.0890. The van der Waals surface area contributed by atoms with Crippen LogP contribution < -0.4 is 0 Å². The smallest absolute Gasteiger partial charge is 0.140 e. The van der Waals surface area contributed by atoms with Crippen molar-refractivity contribution in [2.24, 2.45) is 0 Å². The van der Waals surface area contributed by atoms with Crippen molar-refractivity contribution in [2.75, 3.05) is 0 Å². The van der Waals surface area contributed by atoms with E-state index in [1.165, 1.54) is 18.5 Å². The van der Waals surface area contributed by atoms with Crippen molar-refractivity contribution >= 4 is 5.78 Å². The number of halogens is 1. The molecule has 0 radical (unpaired) electrons. The number of Topliss-reactive ketones (excluding diaryl/α,β-unsaturated/α-hetero) is 1. The summed E-state index contributed by atoms with van der Waals surface area (Å²) in [6.07, 6.45) is 2.68. The van der Waals surface area contributed by atoms with Gasteiger partial charge < -0.3 is 0 Å². The quantitative estimate of drug-likeness (QED) is 0.854. The molecule has 0 fully saturated rings. The first-order valence-corrected chi connectivity index (χ1v) is 5.34. The van der Waals surface area contributed by atoms with E-state index in [0.717, 1.165) is 5.56 Å². The van der Waals surface area contributed by atoms with E-state index in [1.807, 2.05) is 0 Å². The highest BCUT2D eigenvalue weighted by molar-refractivity contribution is 5.80. The lowest BCUT2D eigenvalue weighted by atomic mass is 10.1. The topological polar surface area (TPSA) is 58.6 Å². The van der Waals surface area contributed by atoms with Crippen molar-refractivity contribution in [1.29, 1.82) is 0 Å². The third-order valence-electron chi connectivity index (χ3n) is 2.44. The lowest BCUT2D eigenvalue weighted by Crippen LogP contribution is -2.05. The maximum Gasteiger partial charge on any atom is 0.140 e. The van der Waals surface area contributed by atoms with E-state index in [4.69, 9.17) is 0 Å². The summed E-state index contributed by atoms with van der Waals surface area (Å²) < 4.78 is 12.7. The second kappa shape index (κ2) is 5.34. The second-order valence-electron chi connectivity index (χ2n) is 3.77. The van der Waals surface area contributed by atoms with Crippen LogP contribution in [0.2, 0.25) is 0 Å². The molecule has 1 heterocycles. The van der Waals surface area contributed by atoms with Gasteiger partial charge >= 0.3 is 0 Å². The molecule has 0 spiro atoms. The first kappa shape index (κ1) is 11.4. The van der Waals surface area contributed by atoms with Gasteiger partial charge in [0.05, 0.1) is 6.42 Å². The third kappa shape index (κ3) is 3.48. The van der Waals surface area contributed by atoms with Gasteiger partial charge in [-0.3, -0.25) is 9.89 Å². The lowest BCUT2D eigenvalue weighted by Gasteiger charge is -2.00. The Kier molecular flexibility index (Phi) is 3.59. The third-order valence-corrected chi connectivity index (χ3v) is 2.44. The van der Waals surface area contributed by atoms with Crippen LogP contribution in [0.4, 0.5) is 4.39 Å². The molecule has 0 atom stereocenters. The van der Waals surface area contributed by atoms with Crippen molar-refractivity contribution in [3.63, 3.8) is 0 Å². The fourth-order valence-electron chi connectivity index (χ4n) is 1.53. The van der Waals surface area contributed by atoms with Gasteiger partial charge in [-0.2, -0.15) is 5.10 Å². The summed E-state index contributed by atoms with van der Waals surface area (Å²) in [5.41, 5.74) is 0.956. The molecule has 0 bridgehead atoms. The highest BCUT2D eigenvalue weighted by atomic mass is 19.1. The summed E-state index contributed by atoms with van der Waals surface area (Å²) in [4.78, 5) is 15.5. The van der Waals surface area contributed by atoms with Crippen molar-refractivity contribution in [1.82, 2.24) is 15.2 Å². The number of hydrogen-bond acceptors (Lipinski definition) is 3. The van der Waals surface area contributed by atoms with Gasteiger partial charge in [0.1, 0.15) is 23.8 Å². The Morgan fingerprint density at radius 3 is 2.71 bits per heavy atom. The number of ketones is 1. The van der Waals surface area contributed by atoms with E-state index in [0.29, 0.717) is 18.7 Å². The van der Waals surface area contributed by atoms with Crippen LogP contribution in [0.1, 0.15) is 17.8 Å². The van der Waals surface area contributed by atoms with E-state index in [9.17, 15) is 9.18 Å². The van der Waals surface area contributed by atoms with Gasteiger partial charge in [-0.15, -0.1) is 0 Å². The van der Waals surface area contributed by atoms with E-state index in [-0.39, 0.29) is 18.0 Å². The van der Waals surface area contributed by atoms with Crippen LogP contribution >= 0.6 is 0 Å². The summed E-state index contributed by atoms with van der Waals surface area (Å²) >= 11 is 0. The summed E-state index contributed by atoms with van der Waals surface area (Å²) in [7, 11) is 0. The molecule has 1 aromatic carbocycles. The molecular weight excluding hydrogens is 221 g/mol. The number of nitrogens with one attached hydrogen (secondary N) is 1. The number of rotatable bonds is 5. The van der Waals surface area contributed by atoms with Crippen molar-refractivity contribution in [3.05, 3.63) is 47.8 Å². The average molecular weight is 233 g/mol. The van der Waals surface area contributed by atoms with Crippen LogP contribution in [-0.2, 0) is 17.6 Å². The molecule has 0 aliphatic heterocycles. The zero-order valence-corrected chi connectivity index (χ0v) is 9.19. The molecule has 0 saturated heterocycles. The number of hydrogen-bond donors (Lipinski definition) is 1. The standard InChI is InChI=1S/C12H12FN3O/c13-10-4-1-9(2-5-10)3-6-11(17)7-12-14-8-15-16-12/h1-2,4-5,8H,3,6-7H2,(H,14,15,16). The SMILES string of the molecule is O=C(CCc1ccc(F)cc1)Cc1ncn[nH]1. The number of nitrogens with zero attached hydrogens (tertiary/aromatic N) is 2. The Balaban J connectivity index is 1.82. The first-order chi connectivity index (χ1) is 8.24. The molecule has 0 saturated carbocycles. The van der Waals surface area contributed by atoms with E-state index >= 15 is 0 Å². The van der Waals surface area contributed by atoms with Crippen LogP contribution in [0.5, 0.6) is 0 Å². The maximum absolute atomic E-state index is 12.7. The fraction of sp³-hybridized carbons (Fsp3) is 0.250. The first-order valence-electron chi connectivity index (χ1n) is 5.34. The molecular formula is C12H12FN3O. The zero-order chi connectivity index (χ0) is 12.1. The molecule has 88 valence electrons. The van der Waals surface area contributed by atoms with Crippen LogP contribution in [0.25, 0.3) is 0 Å². The Hall–Kier alpha value is -2.04. The minimum Gasteiger partial charge on any atom is -0.299 e. The number of carbonyl (C=O) groups is 1. The predicted molar refractivity (Wildman–Crippen MR) is 59.8 cm³/mol. The number of aromatic amines is 1. The Labute approximate surface area is 97.9 Å². The highest BCUT2D eigenvalue weighted by Crippen LogP contribution is 2.06. The fourth-order valence-corrected chi connectivity index (χ4v) is 1.53. The molecule has 0 amide bonds. The molecule has 1 aromatic heterocycles. The Bertz CT molecular complexity index is 479. The Morgan fingerprint density at radius 2 is 2.06 bits per heavy atom. The molecule has 1 N–H and O–H groups in total. The number of H-pyrrole nitrogens is 1. The molecule has 2 rings (SSSR count). The number of aromatic nitrogens is 3. The van der Waals surface area contributed by atoms with Gasteiger partial charge in [0, 0.05) is 6.42 Å². The van der Waals surface area contributed by atoms with Crippen LogP contribution in [0.3, 0.4) is 0 Å². The van der Waals surface area contributed by atoms with Crippen molar-refractivity contribution in [2.45, 2.75) is 19.3 Å². The van der Waals surface area contributed by atoms with E-state index in [1.54, 1.807) is 12.1 Å². The highest BCUT2D eigenvalue weighted by Gasteiger charge is 2.06. The van der Waals surface area contributed by atoms with Gasteiger partial charge in [-0.25, -0.2) is 9.37 Å². The van der Waals surface area contributed by atoms with E-state index < -0.39 is 0 Å². The summed E-state index contributed by atoms with van der Waals surface area (Å²) in [6, 6.07) is 6.18. The largest absolute Gasteiger partial charge is 0.299 e. The van der Waals surface area contributed by atoms with Crippen LogP contribution in [0, 0.1) is 5.82 Å². The molecule has 2 aromatic rings. The van der Waals surface area contributed by atoms with Gasteiger partial charge in [-0.1, -0.05) is 12.1 Å². The normalized spacial score (nSPS) is 10.4. The molecule has 5 heteroatoms. The lowest BCUT2D eigenvalue weighted by molar-refractivity contribution is -0.118. The summed E-state index contributed by atoms with van der Waals surface area (Å²) in [6.45, 7) is 0. The summed E-state index contributed by atoms with van der Waals surface area (Å²) in [5.74, 6) is 0.405. The number of carbonyl (C=O) groups excluding carboxylic acids is 1. The molecule has 0 aliphatic rings. The molecule has 0 aliphatic carbocycles. The van der Waals surface area contributed by atoms with Gasteiger partial charge in [0.2, 0.25) is 0 Å². The molecule has 17 heavy (non-hydrogen) atoms. The van der Waals surface area contributed by atoms with E-state index in [2.05, 4.69) is 15.2 Å². The number of aryl methyl sites for hydroxylation is 1. The minimum atomic E-state index is -0.262. The summed E-state index contributed by atoms with van der Waals surface area (Å²) in [5, 5.41) is 6.32. The van der Waals surface area contributed by atoms with Gasteiger partial charge in [-0.05, 0) is 24.1 Å². The zero-order valence-electron chi connectivity index (χ0n) is 9.19. The van der Waals surface area contributed by atoms with Crippen molar-refractivity contribution < 1.29 is 9.18 Å².